The van der Waals surface area contributed by atoms with E-state index < -0.39 is 5.54 Å². The largest absolute Gasteiger partial charge is 0.276 e. The van der Waals surface area contributed by atoms with Gasteiger partial charge in [0, 0.05) is 10.3 Å². The predicted octanol–water partition coefficient (Wildman–Crippen LogP) is 2.26. The zero-order valence-electron chi connectivity index (χ0n) is 10.8. The molecule has 1 rings (SSSR count). The van der Waals surface area contributed by atoms with Gasteiger partial charge in [0.25, 0.3) is 0 Å². The van der Waals surface area contributed by atoms with Gasteiger partial charge in [-0.2, -0.15) is 0 Å². The van der Waals surface area contributed by atoms with E-state index in [1.54, 1.807) is 0 Å². The molecule has 1 atom stereocenters. The van der Waals surface area contributed by atoms with Gasteiger partial charge in [-0.25, -0.2) is 0 Å². The molecule has 1 heterocycles. The van der Waals surface area contributed by atoms with Crippen LogP contribution in [0.1, 0.15) is 41.5 Å². The van der Waals surface area contributed by atoms with E-state index in [2.05, 4.69) is 0 Å². The standard InChI is InChI=1S/C12H20NO2S/c1-11(2,3)13-9(14)7-8(10(13)15)16-12(4,5)6/h7-8H,1-6H3. The summed E-state index contributed by atoms with van der Waals surface area (Å²) in [7, 11) is 0. The second kappa shape index (κ2) is 4.06. The third kappa shape index (κ3) is 3.00. The molecule has 0 aromatic rings. The first kappa shape index (κ1) is 13.6. The number of carbonyl (C=O) groups is 2. The Kier molecular flexibility index (Phi) is 3.44. The highest BCUT2D eigenvalue weighted by molar-refractivity contribution is 8.02. The second-order valence-corrected chi connectivity index (χ2v) is 7.97. The van der Waals surface area contributed by atoms with E-state index in [4.69, 9.17) is 0 Å². The molecular weight excluding hydrogens is 222 g/mol. The summed E-state index contributed by atoms with van der Waals surface area (Å²) in [5, 5.41) is -0.327. The van der Waals surface area contributed by atoms with E-state index in [1.807, 2.05) is 41.5 Å². The predicted molar refractivity (Wildman–Crippen MR) is 67.0 cm³/mol. The molecule has 2 amide bonds. The van der Waals surface area contributed by atoms with E-state index in [1.165, 1.54) is 23.1 Å². The molecule has 0 aromatic heterocycles. The van der Waals surface area contributed by atoms with Gasteiger partial charge in [0.2, 0.25) is 11.8 Å². The Morgan fingerprint density at radius 3 is 1.94 bits per heavy atom. The van der Waals surface area contributed by atoms with Crippen molar-refractivity contribution in [2.24, 2.45) is 0 Å². The van der Waals surface area contributed by atoms with Crippen molar-refractivity contribution in [3.05, 3.63) is 6.42 Å². The van der Waals surface area contributed by atoms with Gasteiger partial charge in [0.15, 0.2) is 0 Å². The molecule has 1 aliphatic rings. The van der Waals surface area contributed by atoms with Crippen LogP contribution in [-0.2, 0) is 9.59 Å². The maximum atomic E-state index is 12.1. The van der Waals surface area contributed by atoms with E-state index in [0.717, 1.165) is 0 Å². The van der Waals surface area contributed by atoms with E-state index in [9.17, 15) is 9.59 Å². The van der Waals surface area contributed by atoms with Crippen LogP contribution in [0, 0.1) is 6.42 Å². The lowest BCUT2D eigenvalue weighted by Crippen LogP contribution is -2.46. The highest BCUT2D eigenvalue weighted by atomic mass is 32.2. The quantitative estimate of drug-likeness (QED) is 0.662. The third-order valence-corrected chi connectivity index (χ3v) is 3.43. The Hall–Kier alpha value is -0.510. The van der Waals surface area contributed by atoms with Crippen LogP contribution < -0.4 is 0 Å². The summed E-state index contributed by atoms with van der Waals surface area (Å²) in [6.45, 7) is 11.8. The lowest BCUT2D eigenvalue weighted by Gasteiger charge is -2.30. The molecule has 0 spiro atoms. The molecule has 0 aromatic carbocycles. The topological polar surface area (TPSA) is 37.4 Å². The molecule has 16 heavy (non-hydrogen) atoms. The summed E-state index contributed by atoms with van der Waals surface area (Å²) >= 11 is 1.53. The molecular formula is C12H20NO2S. The van der Waals surface area contributed by atoms with Gasteiger partial charge in [-0.15, -0.1) is 11.8 Å². The van der Waals surface area contributed by atoms with Gasteiger partial charge in [-0.05, 0) is 20.8 Å². The first-order valence-electron chi connectivity index (χ1n) is 5.43. The number of carbonyl (C=O) groups excluding carboxylic acids is 2. The van der Waals surface area contributed by atoms with Crippen molar-refractivity contribution < 1.29 is 9.59 Å². The fraction of sp³-hybridized carbons (Fsp3) is 0.750. The van der Waals surface area contributed by atoms with Crippen molar-refractivity contribution in [1.82, 2.24) is 4.90 Å². The minimum atomic E-state index is -0.433. The highest BCUT2D eigenvalue weighted by Crippen LogP contribution is 2.36. The first-order valence-corrected chi connectivity index (χ1v) is 6.31. The zero-order valence-corrected chi connectivity index (χ0v) is 11.6. The monoisotopic (exact) mass is 242 g/mol. The fourth-order valence-electron chi connectivity index (χ4n) is 1.64. The Bertz CT molecular complexity index is 312. The number of likely N-dealkylation sites (tertiary alicyclic amines) is 1. The van der Waals surface area contributed by atoms with Gasteiger partial charge in [0.1, 0.15) is 0 Å². The Labute approximate surface area is 102 Å². The molecule has 91 valence electrons. The molecule has 1 fully saturated rings. The van der Waals surface area contributed by atoms with E-state index in [0.29, 0.717) is 0 Å². The highest BCUT2D eigenvalue weighted by Gasteiger charge is 2.45. The summed E-state index contributed by atoms with van der Waals surface area (Å²) < 4.78 is -0.0228. The number of amides is 2. The van der Waals surface area contributed by atoms with Crippen LogP contribution >= 0.6 is 11.8 Å². The summed E-state index contributed by atoms with van der Waals surface area (Å²) in [5.74, 6) is -0.253. The number of nitrogens with zero attached hydrogens (tertiary/aromatic N) is 1. The fourth-order valence-corrected chi connectivity index (χ4v) is 2.79. The van der Waals surface area contributed by atoms with Crippen LogP contribution in [0.15, 0.2) is 0 Å². The lowest BCUT2D eigenvalue weighted by molar-refractivity contribution is -0.142. The van der Waals surface area contributed by atoms with Crippen molar-refractivity contribution in [3.63, 3.8) is 0 Å². The number of imide groups is 1. The molecule has 1 unspecified atom stereocenters. The lowest BCUT2D eigenvalue weighted by atomic mass is 10.1. The molecule has 0 N–H and O–H groups in total. The minimum absolute atomic E-state index is 0.0228. The van der Waals surface area contributed by atoms with Crippen LogP contribution in [0.25, 0.3) is 0 Å². The molecule has 1 saturated heterocycles. The summed E-state index contributed by atoms with van der Waals surface area (Å²) in [4.78, 5) is 25.2. The normalized spacial score (nSPS) is 23.1. The third-order valence-electron chi connectivity index (χ3n) is 2.13. The van der Waals surface area contributed by atoms with Gasteiger partial charge in [-0.1, -0.05) is 20.8 Å². The Balaban J connectivity index is 2.83. The average Bonchev–Trinajstić information content (AvgIpc) is 2.21. The van der Waals surface area contributed by atoms with Gasteiger partial charge in [-0.3, -0.25) is 14.5 Å². The smallest absolute Gasteiger partial charge is 0.243 e. The number of hydrogen-bond acceptors (Lipinski definition) is 3. The molecule has 0 aliphatic carbocycles. The first-order chi connectivity index (χ1) is 7.02. The van der Waals surface area contributed by atoms with Crippen molar-refractivity contribution in [3.8, 4) is 0 Å². The van der Waals surface area contributed by atoms with E-state index in [-0.39, 0.29) is 21.8 Å². The van der Waals surface area contributed by atoms with Crippen molar-refractivity contribution in [1.29, 1.82) is 0 Å². The summed E-state index contributed by atoms with van der Waals surface area (Å²) in [5.41, 5.74) is -0.433. The minimum Gasteiger partial charge on any atom is -0.276 e. The molecule has 3 nitrogen and oxygen atoms in total. The van der Waals surface area contributed by atoms with Crippen molar-refractivity contribution >= 4 is 23.6 Å². The SMILES string of the molecule is CC(C)(C)SC1[CH]C(=O)N(C(C)(C)C)C1=O. The summed E-state index contributed by atoms with van der Waals surface area (Å²) in [6.07, 6.45) is 1.53. The average molecular weight is 242 g/mol. The van der Waals surface area contributed by atoms with Gasteiger partial charge < -0.3 is 0 Å². The molecule has 1 radical (unpaired) electrons. The van der Waals surface area contributed by atoms with Gasteiger partial charge >= 0.3 is 0 Å². The number of hydrogen-bond donors (Lipinski definition) is 0. The van der Waals surface area contributed by atoms with Crippen LogP contribution in [0.5, 0.6) is 0 Å². The van der Waals surface area contributed by atoms with Crippen LogP contribution in [-0.4, -0.2) is 32.3 Å². The van der Waals surface area contributed by atoms with E-state index >= 15 is 0 Å². The molecule has 1 aliphatic heterocycles. The Morgan fingerprint density at radius 1 is 1.12 bits per heavy atom. The van der Waals surface area contributed by atoms with Crippen molar-refractivity contribution in [2.45, 2.75) is 57.1 Å². The molecule has 0 bridgehead atoms. The van der Waals surface area contributed by atoms with Gasteiger partial charge in [0.05, 0.1) is 11.7 Å². The maximum Gasteiger partial charge on any atom is 0.243 e. The maximum absolute atomic E-state index is 12.1. The van der Waals surface area contributed by atoms with Crippen LogP contribution in [0.2, 0.25) is 0 Å². The van der Waals surface area contributed by atoms with Crippen LogP contribution in [0.4, 0.5) is 0 Å². The Morgan fingerprint density at radius 2 is 1.62 bits per heavy atom. The summed E-state index contributed by atoms with van der Waals surface area (Å²) in [6, 6.07) is 0. The second-order valence-electron chi connectivity index (χ2n) is 6.00. The number of thioether (sulfide) groups is 1. The van der Waals surface area contributed by atoms with Crippen molar-refractivity contribution in [2.75, 3.05) is 0 Å². The molecule has 4 heteroatoms. The zero-order chi connectivity index (χ0) is 12.7. The molecule has 0 saturated carbocycles. The number of rotatable bonds is 1. The van der Waals surface area contributed by atoms with Crippen LogP contribution in [0.3, 0.4) is 0 Å².